The van der Waals surface area contributed by atoms with Gasteiger partial charge < -0.3 is 16.4 Å². The van der Waals surface area contributed by atoms with E-state index in [9.17, 15) is 13.6 Å². The molecule has 4 aromatic heterocycles. The van der Waals surface area contributed by atoms with Crippen molar-refractivity contribution >= 4 is 39.8 Å². The number of benzene rings is 1. The molecule has 1 aromatic carbocycles. The third kappa shape index (κ3) is 5.19. The Balaban J connectivity index is 1.28. The summed E-state index contributed by atoms with van der Waals surface area (Å²) >= 11 is 1.52. The lowest BCUT2D eigenvalue weighted by Crippen LogP contribution is -2.28. The normalized spacial score (nSPS) is 11.9. The molecule has 5 aromatic rings. The molecular weight excluding hydrogens is 498 g/mol. The van der Waals surface area contributed by atoms with Crippen molar-refractivity contribution in [1.82, 2.24) is 30.2 Å². The van der Waals surface area contributed by atoms with Gasteiger partial charge in [0.05, 0.1) is 34.9 Å². The number of fused-ring (bicyclic) bond motifs is 1. The zero-order chi connectivity index (χ0) is 25.9. The fourth-order valence-corrected chi connectivity index (χ4v) is 4.57. The Morgan fingerprint density at radius 3 is 2.70 bits per heavy atom. The van der Waals surface area contributed by atoms with Crippen LogP contribution in [-0.4, -0.2) is 30.8 Å². The third-order valence-electron chi connectivity index (χ3n) is 5.60. The SMILES string of the molecule is CC(NC(=O)c1nccnc1NCc1ccc(-c2cc3c(N)ncnc3cn2)s1)c1ccc(F)c(F)c1. The number of anilines is 2. The minimum atomic E-state index is -0.980. The first-order valence-corrected chi connectivity index (χ1v) is 12.0. The number of nitrogens with two attached hydrogens (primary N) is 1. The van der Waals surface area contributed by atoms with Gasteiger partial charge in [-0.15, -0.1) is 11.3 Å². The minimum Gasteiger partial charge on any atom is -0.383 e. The van der Waals surface area contributed by atoms with E-state index in [2.05, 4.69) is 35.6 Å². The highest BCUT2D eigenvalue weighted by Crippen LogP contribution is 2.30. The minimum absolute atomic E-state index is 0.0837. The second-order valence-electron chi connectivity index (χ2n) is 8.09. The Morgan fingerprint density at radius 2 is 1.86 bits per heavy atom. The Bertz CT molecular complexity index is 1610. The summed E-state index contributed by atoms with van der Waals surface area (Å²) in [5.41, 5.74) is 7.89. The summed E-state index contributed by atoms with van der Waals surface area (Å²) in [5, 5.41) is 6.63. The average Bonchev–Trinajstić information content (AvgIpc) is 3.38. The second-order valence-corrected chi connectivity index (χ2v) is 9.26. The molecule has 0 spiro atoms. The summed E-state index contributed by atoms with van der Waals surface area (Å²) in [5.74, 6) is -1.75. The number of rotatable bonds is 7. The van der Waals surface area contributed by atoms with Crippen LogP contribution in [0.3, 0.4) is 0 Å². The van der Waals surface area contributed by atoms with Crippen LogP contribution in [0.1, 0.15) is 33.9 Å². The predicted octanol–water partition coefficient (Wildman–Crippen LogP) is 4.51. The molecule has 1 amide bonds. The number of nitrogen functional groups attached to an aromatic ring is 1. The smallest absolute Gasteiger partial charge is 0.274 e. The van der Waals surface area contributed by atoms with E-state index in [4.69, 9.17) is 5.73 Å². The fourth-order valence-electron chi connectivity index (χ4n) is 3.66. The van der Waals surface area contributed by atoms with Crippen molar-refractivity contribution in [1.29, 1.82) is 0 Å². The predicted molar refractivity (Wildman–Crippen MR) is 137 cm³/mol. The molecule has 0 aliphatic heterocycles. The molecular formula is C25H20F2N8OS. The fraction of sp³-hybridized carbons (Fsp3) is 0.120. The van der Waals surface area contributed by atoms with Crippen LogP contribution >= 0.6 is 11.3 Å². The van der Waals surface area contributed by atoms with E-state index in [-0.39, 0.29) is 5.69 Å². The lowest BCUT2D eigenvalue weighted by molar-refractivity contribution is 0.0935. The van der Waals surface area contributed by atoms with Crippen LogP contribution in [0.5, 0.6) is 0 Å². The van der Waals surface area contributed by atoms with Crippen LogP contribution in [0.4, 0.5) is 20.4 Å². The van der Waals surface area contributed by atoms with Crippen LogP contribution in [0.15, 0.2) is 61.3 Å². The summed E-state index contributed by atoms with van der Waals surface area (Å²) < 4.78 is 26.8. The quantitative estimate of drug-likeness (QED) is 0.287. The number of pyridine rings is 1. The lowest BCUT2D eigenvalue weighted by Gasteiger charge is -2.15. The summed E-state index contributed by atoms with van der Waals surface area (Å²) in [6.07, 6.45) is 5.94. The Kier molecular flexibility index (Phi) is 6.64. The molecule has 12 heteroatoms. The van der Waals surface area contributed by atoms with Crippen LogP contribution in [0.2, 0.25) is 0 Å². The lowest BCUT2D eigenvalue weighted by atomic mass is 10.1. The monoisotopic (exact) mass is 518 g/mol. The van der Waals surface area contributed by atoms with Crippen molar-refractivity contribution in [2.75, 3.05) is 11.1 Å². The van der Waals surface area contributed by atoms with Crippen LogP contribution in [-0.2, 0) is 6.54 Å². The molecule has 0 fully saturated rings. The van der Waals surface area contributed by atoms with E-state index in [1.165, 1.54) is 36.1 Å². The topological polar surface area (TPSA) is 132 Å². The number of amides is 1. The first kappa shape index (κ1) is 24.1. The van der Waals surface area contributed by atoms with Crippen LogP contribution in [0, 0.1) is 11.6 Å². The van der Waals surface area contributed by atoms with E-state index in [0.717, 1.165) is 33.0 Å². The summed E-state index contributed by atoms with van der Waals surface area (Å²) in [6, 6.07) is 8.66. The number of halogens is 2. The van der Waals surface area contributed by atoms with Crippen LogP contribution < -0.4 is 16.4 Å². The Labute approximate surface area is 213 Å². The molecule has 37 heavy (non-hydrogen) atoms. The van der Waals surface area contributed by atoms with Crippen molar-refractivity contribution in [2.45, 2.75) is 19.5 Å². The maximum absolute atomic E-state index is 13.6. The van der Waals surface area contributed by atoms with Crippen molar-refractivity contribution in [3.63, 3.8) is 0 Å². The number of nitrogens with zero attached hydrogens (tertiary/aromatic N) is 5. The number of hydrogen-bond acceptors (Lipinski definition) is 9. The van der Waals surface area contributed by atoms with E-state index in [1.807, 2.05) is 18.2 Å². The molecule has 186 valence electrons. The number of thiophene rings is 1. The molecule has 1 atom stereocenters. The van der Waals surface area contributed by atoms with Gasteiger partial charge in [-0.1, -0.05) is 6.07 Å². The summed E-state index contributed by atoms with van der Waals surface area (Å²) in [6.45, 7) is 2.06. The zero-order valence-electron chi connectivity index (χ0n) is 19.4. The van der Waals surface area contributed by atoms with Gasteiger partial charge in [0.15, 0.2) is 23.1 Å². The largest absolute Gasteiger partial charge is 0.383 e. The third-order valence-corrected chi connectivity index (χ3v) is 6.71. The second kappa shape index (κ2) is 10.2. The van der Waals surface area contributed by atoms with E-state index < -0.39 is 23.6 Å². The highest BCUT2D eigenvalue weighted by molar-refractivity contribution is 7.15. The first-order chi connectivity index (χ1) is 17.9. The van der Waals surface area contributed by atoms with E-state index >= 15 is 0 Å². The van der Waals surface area contributed by atoms with Crippen molar-refractivity contribution in [3.05, 3.63) is 89.1 Å². The van der Waals surface area contributed by atoms with Crippen molar-refractivity contribution in [2.24, 2.45) is 0 Å². The number of hydrogen-bond donors (Lipinski definition) is 3. The van der Waals surface area contributed by atoms with Crippen molar-refractivity contribution in [3.8, 4) is 10.6 Å². The molecule has 0 aliphatic rings. The van der Waals surface area contributed by atoms with Gasteiger partial charge in [0.25, 0.3) is 5.91 Å². The van der Waals surface area contributed by atoms with E-state index in [1.54, 1.807) is 13.1 Å². The van der Waals surface area contributed by atoms with Crippen molar-refractivity contribution < 1.29 is 13.6 Å². The summed E-state index contributed by atoms with van der Waals surface area (Å²) in [7, 11) is 0. The summed E-state index contributed by atoms with van der Waals surface area (Å²) in [4.78, 5) is 35.9. The maximum Gasteiger partial charge on any atom is 0.274 e. The molecule has 4 heterocycles. The van der Waals surface area contributed by atoms with Gasteiger partial charge in [-0.25, -0.2) is 28.7 Å². The highest BCUT2D eigenvalue weighted by atomic mass is 32.1. The molecule has 0 saturated carbocycles. The number of nitrogens with one attached hydrogen (secondary N) is 2. The number of carbonyl (C=O) groups excluding carboxylic acids is 1. The molecule has 0 saturated heterocycles. The Hall–Kier alpha value is -4.58. The van der Waals surface area contributed by atoms with Gasteiger partial charge in [0.1, 0.15) is 12.1 Å². The number of aromatic nitrogens is 5. The molecule has 0 radical (unpaired) electrons. The molecule has 9 nitrogen and oxygen atoms in total. The first-order valence-electron chi connectivity index (χ1n) is 11.1. The standard InChI is InChI=1S/C25H20F2N8OS/c1-13(14-2-4-17(26)18(27)8-14)35-25(36)22-24(30-7-6-29-22)32-10-15-3-5-21(37-15)19-9-16-20(11-31-19)33-12-34-23(16)28/h2-9,11-13H,10H2,1H3,(H,30,32)(H,35,36)(H2,28,33,34). The zero-order valence-corrected chi connectivity index (χ0v) is 20.3. The maximum atomic E-state index is 13.6. The van der Waals surface area contributed by atoms with E-state index in [0.29, 0.717) is 29.3 Å². The van der Waals surface area contributed by atoms with Gasteiger partial charge in [0.2, 0.25) is 0 Å². The van der Waals surface area contributed by atoms with Crippen LogP contribution in [0.25, 0.3) is 21.5 Å². The van der Waals surface area contributed by atoms with Gasteiger partial charge in [-0.3, -0.25) is 9.78 Å². The van der Waals surface area contributed by atoms with Gasteiger partial charge in [-0.05, 0) is 42.8 Å². The molecule has 4 N–H and O–H groups in total. The number of carbonyl (C=O) groups is 1. The molecule has 1 unspecified atom stereocenters. The van der Waals surface area contributed by atoms with Gasteiger partial charge >= 0.3 is 0 Å². The van der Waals surface area contributed by atoms with Gasteiger partial charge in [0, 0.05) is 22.7 Å². The average molecular weight is 519 g/mol. The molecule has 5 rings (SSSR count). The highest BCUT2D eigenvalue weighted by Gasteiger charge is 2.18. The Morgan fingerprint density at radius 1 is 1.03 bits per heavy atom. The molecule has 0 aliphatic carbocycles. The van der Waals surface area contributed by atoms with Gasteiger partial charge in [-0.2, -0.15) is 0 Å². The molecule has 0 bridgehead atoms.